The van der Waals surface area contributed by atoms with Gasteiger partial charge in [0, 0.05) is 29.5 Å². The van der Waals surface area contributed by atoms with Crippen LogP contribution in [0.5, 0.6) is 0 Å². The van der Waals surface area contributed by atoms with Gasteiger partial charge in [-0.3, -0.25) is 0 Å². The summed E-state index contributed by atoms with van der Waals surface area (Å²) in [5, 5.41) is 0. The minimum Gasteiger partial charge on any atom is -0.799 e. The summed E-state index contributed by atoms with van der Waals surface area (Å²) >= 11 is 0. The molecule has 0 spiro atoms. The molecule has 0 N–H and O–H groups in total. The molecule has 0 rings (SSSR count). The average molecular weight is 1250 g/mol. The monoisotopic (exact) mass is 1250 g/mol. The first-order chi connectivity index (χ1) is 35.9. The van der Waals surface area contributed by atoms with Crippen molar-refractivity contribution in [3.8, 4) is 0 Å². The molecule has 77 heavy (non-hydrogen) atoms. The zero-order valence-electron chi connectivity index (χ0n) is 54.4. The van der Waals surface area contributed by atoms with Gasteiger partial charge in [-0.05, 0) is 96.6 Å². The van der Waals surface area contributed by atoms with E-state index in [1.165, 1.54) is 77.0 Å². The van der Waals surface area contributed by atoms with Gasteiger partial charge in [0.1, 0.15) is 0 Å². The fraction of sp³-hybridized carbons (Fsp3) is 1.00. The molecule has 0 aromatic carbocycles. The molecule has 12 unspecified atom stereocenters. The Hall–Kier alpha value is 1.45. The van der Waals surface area contributed by atoms with E-state index in [4.69, 9.17) is 0 Å². The third kappa shape index (κ3) is 50.5. The normalized spacial score (nSPS) is 17.7. The molecule has 0 aliphatic carbocycles. The second kappa shape index (κ2) is 56.6. The minimum absolute atomic E-state index is 0. The van der Waals surface area contributed by atoms with E-state index in [0.29, 0.717) is 48.3 Å². The fourth-order valence-electron chi connectivity index (χ4n) is 10.1. The Morgan fingerprint density at radius 3 is 0.532 bits per heavy atom. The van der Waals surface area contributed by atoms with E-state index in [-0.39, 0.29) is 43.7 Å². The van der Waals surface area contributed by atoms with Gasteiger partial charge in [0.15, 0.2) is 0 Å². The van der Waals surface area contributed by atoms with Crippen molar-refractivity contribution >= 4 is 29.5 Å². The van der Waals surface area contributed by atoms with Gasteiger partial charge < -0.3 is 37.8 Å². The van der Waals surface area contributed by atoms with Crippen LogP contribution in [0.1, 0.15) is 342 Å². The number of unbranched alkanes of at least 4 members (excludes halogenated alkanes) is 16. The average Bonchev–Trinajstić information content (AvgIpc) is 3.39. The van der Waals surface area contributed by atoms with Crippen LogP contribution in [0.15, 0.2) is 0 Å². The minimum atomic E-state index is -3.20. The van der Waals surface area contributed by atoms with Gasteiger partial charge in [0.05, 0.1) is 0 Å². The van der Waals surface area contributed by atoms with Gasteiger partial charge in [0.25, 0.3) is 0 Å². The molecule has 13 heteroatoms. The molecule has 0 aliphatic heterocycles. The van der Waals surface area contributed by atoms with Gasteiger partial charge >= 0.3 is 21.1 Å². The van der Waals surface area contributed by atoms with Gasteiger partial charge in [0.2, 0.25) is 0 Å². The Morgan fingerprint density at radius 2 is 0.403 bits per heavy atom. The maximum atomic E-state index is 12.4. The molecule has 8 nitrogen and oxygen atoms in total. The van der Waals surface area contributed by atoms with Crippen LogP contribution in [-0.2, 0) is 39.3 Å². The Bertz CT molecular complexity index is 1230. The predicted octanol–water partition coefficient (Wildman–Crippen LogP) is 20.8. The second-order valence-electron chi connectivity index (χ2n) is 24.1. The molecule has 0 amide bonds. The van der Waals surface area contributed by atoms with Crippen LogP contribution < -0.4 is 19.6 Å². The standard InChI is InChI=1S/4C16H35O2P.Mo/c4*1-5-8-10-11-12-15(4)19(17,18)14-16(7-3)13-9-6-2;/h4*15-16H,5-14H2,1-4H3,(H,17,18);/q;;;;+4/p-4. The third-order valence-electron chi connectivity index (χ3n) is 16.8. The molecule has 0 radical (unpaired) electrons. The van der Waals surface area contributed by atoms with Crippen LogP contribution >= 0.6 is 29.5 Å². The smallest absolute Gasteiger partial charge is 0.799 e. The molecule has 0 aromatic heterocycles. The van der Waals surface area contributed by atoms with Crippen LogP contribution in [0, 0.1) is 23.7 Å². The molecule has 12 atom stereocenters. The van der Waals surface area contributed by atoms with Crippen LogP contribution in [0.2, 0.25) is 0 Å². The van der Waals surface area contributed by atoms with Gasteiger partial charge in [-0.2, -0.15) is 0 Å². The molecule has 0 fully saturated rings. The first kappa shape index (κ1) is 87.2. The van der Waals surface area contributed by atoms with Crippen molar-refractivity contribution in [2.45, 2.75) is 365 Å². The van der Waals surface area contributed by atoms with Crippen molar-refractivity contribution in [2.24, 2.45) is 23.7 Å². The summed E-state index contributed by atoms with van der Waals surface area (Å²) in [7, 11) is -12.8. The summed E-state index contributed by atoms with van der Waals surface area (Å²) in [4.78, 5) is 49.4. The SMILES string of the molecule is CCCCCCC(C)P(=O)([O-])CC(CC)CCCC.CCCCCCC(C)P(=O)([O-])CC(CC)CCCC.CCCCCCC(C)P(=O)([O-])CC(CC)CCCC.CCCCCCC(C)P(=O)([O-])CC(CC)CCCC.[Mo+4]. The summed E-state index contributed by atoms with van der Waals surface area (Å²) in [6.07, 6.45) is 41.3. The number of hydrogen-bond donors (Lipinski definition) is 0. The van der Waals surface area contributed by atoms with E-state index in [9.17, 15) is 37.8 Å². The summed E-state index contributed by atoms with van der Waals surface area (Å²) < 4.78 is 49.4. The Balaban J connectivity index is -0.000000298. The quantitative estimate of drug-likeness (QED) is 0.0330. The second-order valence-corrected chi connectivity index (χ2v) is 34.9. The molecule has 0 heterocycles. The van der Waals surface area contributed by atoms with Crippen molar-refractivity contribution in [1.29, 1.82) is 0 Å². The first-order valence-corrected chi connectivity index (χ1v) is 40.6. The molecule has 0 aliphatic rings. The molecule has 0 saturated heterocycles. The fourth-order valence-corrected chi connectivity index (χ4v) is 18.5. The molecular formula is C64H136MoO8P4. The predicted molar refractivity (Wildman–Crippen MR) is 336 cm³/mol. The Kier molecular flexibility index (Phi) is 64.1. The molecular weight excluding hydrogens is 1120 g/mol. The van der Waals surface area contributed by atoms with Gasteiger partial charge in [-0.15, -0.1) is 0 Å². The molecule has 0 bridgehead atoms. The van der Waals surface area contributed by atoms with E-state index in [1.807, 2.05) is 27.7 Å². The topological polar surface area (TPSA) is 161 Å². The summed E-state index contributed by atoms with van der Waals surface area (Å²) in [6, 6.07) is 0. The zero-order valence-corrected chi connectivity index (χ0v) is 60.0. The van der Waals surface area contributed by atoms with E-state index < -0.39 is 29.5 Å². The van der Waals surface area contributed by atoms with Crippen molar-refractivity contribution in [3.05, 3.63) is 0 Å². The third-order valence-corrected chi connectivity index (χ3v) is 27.3. The molecule has 0 saturated carbocycles. The number of hydrogen-bond acceptors (Lipinski definition) is 8. The van der Waals surface area contributed by atoms with Crippen molar-refractivity contribution in [1.82, 2.24) is 0 Å². The molecule has 466 valence electrons. The zero-order chi connectivity index (χ0) is 58.9. The summed E-state index contributed by atoms with van der Waals surface area (Å²) in [6.45, 7) is 33.5. The summed E-state index contributed by atoms with van der Waals surface area (Å²) in [5.41, 5.74) is -0.500. The van der Waals surface area contributed by atoms with E-state index in [2.05, 4.69) is 83.1 Å². The maximum absolute atomic E-state index is 12.4. The molecule has 0 aromatic rings. The van der Waals surface area contributed by atoms with E-state index in [1.54, 1.807) is 0 Å². The Labute approximate surface area is 498 Å². The van der Waals surface area contributed by atoms with Crippen LogP contribution in [0.25, 0.3) is 0 Å². The van der Waals surface area contributed by atoms with Gasteiger partial charge in [-0.25, -0.2) is 0 Å². The van der Waals surface area contributed by atoms with Crippen molar-refractivity contribution < 1.29 is 58.9 Å². The summed E-state index contributed by atoms with van der Waals surface area (Å²) in [5.74, 6) is 1.51. The van der Waals surface area contributed by atoms with Crippen LogP contribution in [0.3, 0.4) is 0 Å². The van der Waals surface area contributed by atoms with Crippen LogP contribution in [0.4, 0.5) is 0 Å². The number of rotatable bonds is 48. The van der Waals surface area contributed by atoms with Crippen molar-refractivity contribution in [2.75, 3.05) is 24.6 Å². The van der Waals surface area contributed by atoms with E-state index in [0.717, 1.165) is 154 Å². The maximum Gasteiger partial charge on any atom is 4.00 e. The largest absolute Gasteiger partial charge is 4.00 e. The Morgan fingerprint density at radius 1 is 0.247 bits per heavy atom. The first-order valence-electron chi connectivity index (χ1n) is 33.1. The van der Waals surface area contributed by atoms with Crippen LogP contribution in [-0.4, -0.2) is 47.3 Å². The van der Waals surface area contributed by atoms with Gasteiger partial charge in [-0.1, -0.05) is 316 Å². The van der Waals surface area contributed by atoms with E-state index >= 15 is 0 Å². The van der Waals surface area contributed by atoms with Crippen molar-refractivity contribution in [3.63, 3.8) is 0 Å².